The van der Waals surface area contributed by atoms with Gasteiger partial charge in [0, 0.05) is 6.54 Å². The Morgan fingerprint density at radius 2 is 1.04 bits per heavy atom. The molecule has 2 heteroatoms. The Morgan fingerprint density at radius 3 is 1.54 bits per heavy atom. The van der Waals surface area contributed by atoms with Crippen molar-refractivity contribution < 1.29 is 5.11 Å². The van der Waals surface area contributed by atoms with E-state index in [-0.39, 0.29) is 6.61 Å². The quantitative estimate of drug-likeness (QED) is 0.199. The summed E-state index contributed by atoms with van der Waals surface area (Å²) in [7, 11) is 0. The Bertz CT molecular complexity index is 240. The van der Waals surface area contributed by atoms with Crippen molar-refractivity contribution in [2.24, 2.45) is 0 Å². The lowest BCUT2D eigenvalue weighted by Crippen LogP contribution is -2.19. The molecule has 2 N–H and O–H groups in total. The molecular formula is C22H45NO. The van der Waals surface area contributed by atoms with Crippen molar-refractivity contribution in [2.75, 3.05) is 19.7 Å². The van der Waals surface area contributed by atoms with E-state index in [0.717, 1.165) is 13.1 Å². The summed E-state index contributed by atoms with van der Waals surface area (Å²) in [4.78, 5) is 0. The monoisotopic (exact) mass is 339 g/mol. The van der Waals surface area contributed by atoms with Crippen molar-refractivity contribution >= 4 is 0 Å². The van der Waals surface area contributed by atoms with Crippen LogP contribution in [0, 0.1) is 0 Å². The fraction of sp³-hybridized carbons (Fsp3) is 0.909. The molecule has 0 aromatic rings. The van der Waals surface area contributed by atoms with Gasteiger partial charge in [0.15, 0.2) is 0 Å². The fourth-order valence-electron chi connectivity index (χ4n) is 3.06. The average Bonchev–Trinajstić information content (AvgIpc) is 2.60. The molecule has 0 atom stereocenters. The highest BCUT2D eigenvalue weighted by molar-refractivity contribution is 4.81. The van der Waals surface area contributed by atoms with Crippen LogP contribution >= 0.6 is 0 Å². The molecule has 0 rings (SSSR count). The minimum atomic E-state index is 0.258. The lowest BCUT2D eigenvalue weighted by atomic mass is 10.1. The van der Waals surface area contributed by atoms with Crippen LogP contribution in [0.4, 0.5) is 0 Å². The molecule has 24 heavy (non-hydrogen) atoms. The van der Waals surface area contributed by atoms with Crippen molar-refractivity contribution in [1.29, 1.82) is 0 Å². The maximum absolute atomic E-state index is 8.65. The molecule has 0 aliphatic rings. The first-order valence-electron chi connectivity index (χ1n) is 10.9. The second kappa shape index (κ2) is 22.7. The predicted molar refractivity (Wildman–Crippen MR) is 109 cm³/mol. The molecule has 0 amide bonds. The maximum Gasteiger partial charge on any atom is 0.0555 e. The van der Waals surface area contributed by atoms with Crippen LogP contribution in [-0.4, -0.2) is 24.8 Å². The number of nitrogens with one attached hydrogen (secondary N) is 1. The summed E-state index contributed by atoms with van der Waals surface area (Å²) >= 11 is 0. The third kappa shape index (κ3) is 21.7. The summed E-state index contributed by atoms with van der Waals surface area (Å²) in [6.45, 7) is 4.34. The second-order valence-corrected chi connectivity index (χ2v) is 7.12. The van der Waals surface area contributed by atoms with Crippen molar-refractivity contribution in [3.05, 3.63) is 12.2 Å². The van der Waals surface area contributed by atoms with E-state index in [0.29, 0.717) is 0 Å². The molecule has 0 heterocycles. The number of allylic oxidation sites excluding steroid dienone is 2. The summed E-state index contributed by atoms with van der Waals surface area (Å²) in [5, 5.41) is 11.9. The third-order valence-corrected chi connectivity index (χ3v) is 4.65. The first-order chi connectivity index (χ1) is 11.9. The van der Waals surface area contributed by atoms with Crippen LogP contribution < -0.4 is 5.32 Å². The van der Waals surface area contributed by atoms with Crippen LogP contribution in [0.3, 0.4) is 0 Å². The van der Waals surface area contributed by atoms with E-state index in [4.69, 9.17) is 5.11 Å². The predicted octanol–water partition coefficient (Wildman–Crippen LogP) is 6.39. The number of unbranched alkanes of at least 4 members (excludes halogenated alkanes) is 14. The van der Waals surface area contributed by atoms with Gasteiger partial charge in [0.2, 0.25) is 0 Å². The summed E-state index contributed by atoms with van der Waals surface area (Å²) < 4.78 is 0. The minimum Gasteiger partial charge on any atom is -0.395 e. The molecule has 0 saturated carbocycles. The molecule has 0 fully saturated rings. The lowest BCUT2D eigenvalue weighted by Gasteiger charge is -2.03. The van der Waals surface area contributed by atoms with E-state index in [2.05, 4.69) is 24.4 Å². The smallest absolute Gasteiger partial charge is 0.0555 e. The van der Waals surface area contributed by atoms with E-state index in [1.54, 1.807) is 0 Å². The Kier molecular flexibility index (Phi) is 22.3. The molecule has 2 nitrogen and oxygen atoms in total. The van der Waals surface area contributed by atoms with Crippen LogP contribution in [0.5, 0.6) is 0 Å². The van der Waals surface area contributed by atoms with Gasteiger partial charge >= 0.3 is 0 Å². The zero-order valence-electron chi connectivity index (χ0n) is 16.5. The molecule has 0 radical (unpaired) electrons. The largest absolute Gasteiger partial charge is 0.395 e. The minimum absolute atomic E-state index is 0.258. The standard InChI is InChI=1S/C22H45NO/c1-2-3-4-5-6-7-8-9-10-11-12-13-14-15-16-17-18-19-20-23-21-22-24/h9-10,23-24H,2-8,11-22H2,1H3/b10-9-. The van der Waals surface area contributed by atoms with Gasteiger partial charge in [0.25, 0.3) is 0 Å². The number of rotatable bonds is 20. The van der Waals surface area contributed by atoms with Crippen LogP contribution in [0.2, 0.25) is 0 Å². The lowest BCUT2D eigenvalue weighted by molar-refractivity contribution is 0.292. The first-order valence-corrected chi connectivity index (χ1v) is 10.9. The van der Waals surface area contributed by atoms with Gasteiger partial charge in [0.05, 0.1) is 6.61 Å². The van der Waals surface area contributed by atoms with Crippen LogP contribution in [0.1, 0.15) is 110 Å². The molecule has 0 spiro atoms. The molecule has 144 valence electrons. The molecule has 0 bridgehead atoms. The van der Waals surface area contributed by atoms with Gasteiger partial charge in [-0.3, -0.25) is 0 Å². The highest BCUT2D eigenvalue weighted by Gasteiger charge is 1.92. The third-order valence-electron chi connectivity index (χ3n) is 4.65. The van der Waals surface area contributed by atoms with Gasteiger partial charge in [0.1, 0.15) is 0 Å². The first kappa shape index (κ1) is 23.7. The van der Waals surface area contributed by atoms with Gasteiger partial charge in [-0.1, -0.05) is 89.7 Å². The number of aliphatic hydroxyl groups is 1. The molecule has 0 aliphatic carbocycles. The fourth-order valence-corrected chi connectivity index (χ4v) is 3.06. The Labute approximate surface area is 152 Å². The Balaban J connectivity index is 3.03. The van der Waals surface area contributed by atoms with Crippen molar-refractivity contribution in [1.82, 2.24) is 5.32 Å². The topological polar surface area (TPSA) is 32.3 Å². The number of hydrogen-bond donors (Lipinski definition) is 2. The van der Waals surface area contributed by atoms with E-state index < -0.39 is 0 Å². The average molecular weight is 340 g/mol. The molecular weight excluding hydrogens is 294 g/mol. The van der Waals surface area contributed by atoms with E-state index >= 15 is 0 Å². The summed E-state index contributed by atoms with van der Waals surface area (Å²) in [6, 6.07) is 0. The van der Waals surface area contributed by atoms with Gasteiger partial charge in [-0.15, -0.1) is 0 Å². The van der Waals surface area contributed by atoms with Gasteiger partial charge in [-0.05, 0) is 38.6 Å². The van der Waals surface area contributed by atoms with E-state index in [9.17, 15) is 0 Å². The van der Waals surface area contributed by atoms with Gasteiger partial charge in [-0.25, -0.2) is 0 Å². The van der Waals surface area contributed by atoms with Crippen molar-refractivity contribution in [3.63, 3.8) is 0 Å². The molecule has 0 unspecified atom stereocenters. The Morgan fingerprint density at radius 1 is 0.583 bits per heavy atom. The second-order valence-electron chi connectivity index (χ2n) is 7.12. The van der Waals surface area contributed by atoms with Gasteiger partial charge < -0.3 is 10.4 Å². The zero-order valence-corrected chi connectivity index (χ0v) is 16.5. The van der Waals surface area contributed by atoms with Crippen LogP contribution in [0.15, 0.2) is 12.2 Å². The highest BCUT2D eigenvalue weighted by atomic mass is 16.3. The van der Waals surface area contributed by atoms with Crippen molar-refractivity contribution in [3.8, 4) is 0 Å². The molecule has 0 aromatic carbocycles. The molecule has 0 saturated heterocycles. The van der Waals surface area contributed by atoms with E-state index in [1.807, 2.05) is 0 Å². The van der Waals surface area contributed by atoms with Crippen LogP contribution in [-0.2, 0) is 0 Å². The summed E-state index contributed by atoms with van der Waals surface area (Å²) in [5.41, 5.74) is 0. The summed E-state index contributed by atoms with van der Waals surface area (Å²) in [5.74, 6) is 0. The zero-order chi connectivity index (χ0) is 17.6. The van der Waals surface area contributed by atoms with Crippen LogP contribution in [0.25, 0.3) is 0 Å². The maximum atomic E-state index is 8.65. The van der Waals surface area contributed by atoms with E-state index in [1.165, 1.54) is 103 Å². The number of aliphatic hydroxyl groups excluding tert-OH is 1. The highest BCUT2D eigenvalue weighted by Crippen LogP contribution is 2.11. The normalized spacial score (nSPS) is 11.6. The van der Waals surface area contributed by atoms with Crippen molar-refractivity contribution in [2.45, 2.75) is 110 Å². The SMILES string of the molecule is CCCCCCCC/C=C\CCCCCCCCCCNCCO. The molecule has 0 aliphatic heterocycles. The summed E-state index contributed by atoms with van der Waals surface area (Å²) in [6.07, 6.45) is 26.8. The van der Waals surface area contributed by atoms with Gasteiger partial charge in [-0.2, -0.15) is 0 Å². The Hall–Kier alpha value is -0.340. The number of hydrogen-bond acceptors (Lipinski definition) is 2. The molecule has 0 aromatic heterocycles.